The largest absolute Gasteiger partial charge is 0.345 e. The number of nitrogens with zero attached hydrogens (tertiary/aromatic N) is 3. The monoisotopic (exact) mass is 454 g/mol. The van der Waals surface area contributed by atoms with Crippen molar-refractivity contribution in [2.75, 3.05) is 12.2 Å². The molecule has 0 N–H and O–H groups in total. The maximum absolute atomic E-state index is 13.1. The van der Waals surface area contributed by atoms with Gasteiger partial charge in [0.05, 0.1) is 23.8 Å². The number of carbonyl (C=O) groups excluding carboxylic acids is 1. The molecule has 0 saturated heterocycles. The number of hydrogen-bond acceptors (Lipinski definition) is 5. The maximum Gasteiger partial charge on any atom is 0.345 e. The van der Waals surface area contributed by atoms with Crippen LogP contribution in [-0.2, 0) is 11.4 Å². The number of allylic oxidation sites excluding steroid dienone is 1. The Balaban J connectivity index is 1.93. The molecule has 0 aliphatic rings. The summed E-state index contributed by atoms with van der Waals surface area (Å²) in [7, 11) is 1.52. The minimum absolute atomic E-state index is 0.249. The van der Waals surface area contributed by atoms with E-state index in [2.05, 4.69) is 11.6 Å². The molecule has 1 aromatic carbocycles. The molecule has 0 unspecified atom stereocenters. The summed E-state index contributed by atoms with van der Waals surface area (Å²) in [5, 5.41) is 2.42. The van der Waals surface area contributed by atoms with Gasteiger partial charge in [0, 0.05) is 22.3 Å². The number of pyridine rings is 1. The summed E-state index contributed by atoms with van der Waals surface area (Å²) in [6.07, 6.45) is 3.31. The number of carbonyl (C=O) groups is 1. The first-order chi connectivity index (χ1) is 13.4. The predicted molar refractivity (Wildman–Crippen MR) is 113 cm³/mol. The minimum atomic E-state index is -0.335. The first kappa shape index (κ1) is 20.8. The third kappa shape index (κ3) is 4.71. The molecular weight excluding hydrogens is 441 g/mol. The molecule has 0 amide bonds. The van der Waals surface area contributed by atoms with Crippen molar-refractivity contribution in [1.82, 2.24) is 4.98 Å². The molecule has 0 atom stereocenters. The summed E-state index contributed by atoms with van der Waals surface area (Å²) in [5.41, 5.74) is 0.793. The van der Waals surface area contributed by atoms with Crippen molar-refractivity contribution in [3.63, 3.8) is 0 Å². The lowest BCUT2D eigenvalue weighted by atomic mass is 10.1. The van der Waals surface area contributed by atoms with E-state index in [1.54, 1.807) is 47.8 Å². The second kappa shape index (κ2) is 9.03. The van der Waals surface area contributed by atoms with Crippen LogP contribution in [0.15, 0.2) is 55.4 Å². The third-order valence-electron chi connectivity index (χ3n) is 3.83. The lowest BCUT2D eigenvalue weighted by Crippen LogP contribution is -2.47. The molecule has 9 heteroatoms. The van der Waals surface area contributed by atoms with Gasteiger partial charge in [0.1, 0.15) is 0 Å². The molecule has 144 valence electrons. The van der Waals surface area contributed by atoms with E-state index >= 15 is 0 Å². The lowest BCUT2D eigenvalue weighted by Gasteiger charge is -2.15. The highest BCUT2D eigenvalue weighted by atomic mass is 35.5. The Bertz CT molecular complexity index is 1020. The van der Waals surface area contributed by atoms with Crippen molar-refractivity contribution in [2.24, 2.45) is 0 Å². The van der Waals surface area contributed by atoms with Gasteiger partial charge in [-0.05, 0) is 29.8 Å². The van der Waals surface area contributed by atoms with Crippen LogP contribution >= 0.6 is 46.1 Å². The molecule has 3 aromatic rings. The summed E-state index contributed by atoms with van der Waals surface area (Å²) in [6.45, 7) is 4.29. The number of rotatable bonds is 6. The molecule has 2 aromatic heterocycles. The van der Waals surface area contributed by atoms with Gasteiger partial charge >= 0.3 is 11.7 Å². The van der Waals surface area contributed by atoms with Gasteiger partial charge in [-0.25, -0.2) is 9.78 Å². The number of halogens is 3. The van der Waals surface area contributed by atoms with Crippen LogP contribution in [0.1, 0.15) is 15.2 Å². The van der Waals surface area contributed by atoms with Gasteiger partial charge < -0.3 is 0 Å². The number of hydroxylamine groups is 1. The van der Waals surface area contributed by atoms with Crippen LogP contribution in [0.5, 0.6) is 0 Å². The van der Waals surface area contributed by atoms with Gasteiger partial charge in [-0.1, -0.05) is 47.4 Å². The molecular formula is C19H15Cl3N3O2S+. The first-order valence-corrected chi connectivity index (χ1v) is 9.96. The van der Waals surface area contributed by atoms with Crippen molar-refractivity contribution in [1.29, 1.82) is 0 Å². The Labute approximate surface area is 181 Å². The van der Waals surface area contributed by atoms with Crippen molar-refractivity contribution < 1.29 is 14.2 Å². The fraction of sp³-hybridized carbons (Fsp3) is 0.105. The average molecular weight is 456 g/mol. The molecule has 0 bridgehead atoms. The zero-order valence-electron chi connectivity index (χ0n) is 14.7. The van der Waals surface area contributed by atoms with Crippen LogP contribution in [0.25, 0.3) is 5.57 Å². The molecule has 5 nitrogen and oxygen atoms in total. The van der Waals surface area contributed by atoms with E-state index in [-0.39, 0.29) is 11.5 Å². The Morgan fingerprint density at radius 1 is 1.25 bits per heavy atom. The van der Waals surface area contributed by atoms with Crippen LogP contribution < -0.4 is 9.63 Å². The quantitative estimate of drug-likeness (QED) is 0.287. The van der Waals surface area contributed by atoms with Gasteiger partial charge in [-0.3, -0.25) is 0 Å². The molecule has 0 fully saturated rings. The summed E-state index contributed by atoms with van der Waals surface area (Å²) in [5.74, 6) is 0.187. The number of benzene rings is 1. The van der Waals surface area contributed by atoms with E-state index in [0.717, 1.165) is 4.88 Å². The van der Waals surface area contributed by atoms with Crippen LogP contribution in [-0.4, -0.2) is 18.0 Å². The number of aromatic nitrogens is 2. The maximum atomic E-state index is 13.1. The Hall–Kier alpha value is -1.96. The van der Waals surface area contributed by atoms with Gasteiger partial charge in [-0.15, -0.1) is 16.4 Å². The standard InChI is InChI=1S/C19H15Cl3N3O2S/c1-12(13-7-14(20)9-15(21)8-13)18(26)24-6-4-3-5-17(24)25(27-2)11-16-10-23-19(22)28-16/h3-10H,1,11H2,2H3/q+1. The smallest absolute Gasteiger partial charge is 0.240 e. The summed E-state index contributed by atoms with van der Waals surface area (Å²) < 4.78 is 1.89. The number of thiazole rings is 1. The number of anilines is 1. The van der Waals surface area contributed by atoms with Crippen LogP contribution in [0, 0.1) is 0 Å². The third-order valence-corrected chi connectivity index (χ3v) is 5.36. The fourth-order valence-electron chi connectivity index (χ4n) is 2.54. The summed E-state index contributed by atoms with van der Waals surface area (Å²) in [6, 6.07) is 10.2. The highest BCUT2D eigenvalue weighted by Crippen LogP contribution is 2.25. The van der Waals surface area contributed by atoms with Crippen LogP contribution in [0.3, 0.4) is 0 Å². The normalized spacial score (nSPS) is 10.7. The van der Waals surface area contributed by atoms with Gasteiger partial charge in [0.15, 0.2) is 11.0 Å². The van der Waals surface area contributed by atoms with Gasteiger partial charge in [0.2, 0.25) is 0 Å². The van der Waals surface area contributed by atoms with Crippen LogP contribution in [0.4, 0.5) is 5.82 Å². The molecule has 3 rings (SSSR count). The Morgan fingerprint density at radius 2 is 1.96 bits per heavy atom. The zero-order valence-corrected chi connectivity index (χ0v) is 17.8. The average Bonchev–Trinajstić information content (AvgIpc) is 3.09. The second-order valence-corrected chi connectivity index (χ2v) is 8.24. The molecule has 0 aliphatic heterocycles. The SMILES string of the molecule is C=C(C(=O)[n+]1ccccc1N(Cc1cnc(Cl)s1)OC)c1cc(Cl)cc(Cl)c1. The molecule has 0 spiro atoms. The second-order valence-electron chi connectivity index (χ2n) is 5.67. The summed E-state index contributed by atoms with van der Waals surface area (Å²) in [4.78, 5) is 23.5. The van der Waals surface area contributed by atoms with Crippen molar-refractivity contribution >= 4 is 63.4 Å². The zero-order chi connectivity index (χ0) is 20.3. The van der Waals surface area contributed by atoms with Crippen molar-refractivity contribution in [3.05, 3.63) is 80.3 Å². The van der Waals surface area contributed by atoms with E-state index in [1.807, 2.05) is 6.07 Å². The molecule has 0 radical (unpaired) electrons. The lowest BCUT2D eigenvalue weighted by molar-refractivity contribution is -0.558. The van der Waals surface area contributed by atoms with E-state index in [1.165, 1.54) is 23.0 Å². The highest BCUT2D eigenvalue weighted by Gasteiger charge is 2.27. The minimum Gasteiger partial charge on any atom is -0.240 e. The van der Waals surface area contributed by atoms with E-state index in [9.17, 15) is 4.79 Å². The molecule has 0 aliphatic carbocycles. The first-order valence-electron chi connectivity index (χ1n) is 8.01. The fourth-order valence-corrected chi connectivity index (χ4v) is 4.02. The Kier molecular flexibility index (Phi) is 6.69. The van der Waals surface area contributed by atoms with Crippen molar-refractivity contribution in [2.45, 2.75) is 6.54 Å². The topological polar surface area (TPSA) is 46.3 Å². The van der Waals surface area contributed by atoms with Crippen molar-refractivity contribution in [3.8, 4) is 0 Å². The van der Waals surface area contributed by atoms with Gasteiger partial charge in [-0.2, -0.15) is 9.40 Å². The molecule has 0 saturated carbocycles. The van der Waals surface area contributed by atoms with E-state index < -0.39 is 0 Å². The number of hydrogen-bond donors (Lipinski definition) is 0. The Morgan fingerprint density at radius 3 is 2.57 bits per heavy atom. The molecule has 2 heterocycles. The highest BCUT2D eigenvalue weighted by molar-refractivity contribution is 7.15. The van der Waals surface area contributed by atoms with E-state index in [0.29, 0.717) is 32.4 Å². The summed E-state index contributed by atoms with van der Waals surface area (Å²) >= 11 is 19.4. The predicted octanol–water partition coefficient (Wildman–Crippen LogP) is 5.31. The molecule has 28 heavy (non-hydrogen) atoms. The van der Waals surface area contributed by atoms with Crippen LogP contribution in [0.2, 0.25) is 14.5 Å². The van der Waals surface area contributed by atoms with E-state index in [4.69, 9.17) is 39.6 Å². The van der Waals surface area contributed by atoms with Gasteiger partial charge in [0.25, 0.3) is 0 Å².